The number of ether oxygens (including phenoxy) is 1. The number of hydrogen-bond acceptors (Lipinski definition) is 6. The average molecular weight is 423 g/mol. The molecule has 0 atom stereocenters. The molecular weight excluding hydrogens is 407 g/mol. The Bertz CT molecular complexity index is 950. The van der Waals surface area contributed by atoms with Gasteiger partial charge in [0.1, 0.15) is 16.5 Å². The molecule has 1 aromatic heterocycles. The highest BCUT2D eigenvalue weighted by Crippen LogP contribution is 2.37. The summed E-state index contributed by atoms with van der Waals surface area (Å²) in [4.78, 5) is 10.3. The molecule has 0 saturated heterocycles. The molecule has 146 valence electrons. The highest BCUT2D eigenvalue weighted by atomic mass is 32.2. The third-order valence-electron chi connectivity index (χ3n) is 3.71. The fraction of sp³-hybridized carbons (Fsp3) is 0.158. The molecular formula is C19H16F3N3OS2. The van der Waals surface area contributed by atoms with Crippen LogP contribution in [0.3, 0.4) is 0 Å². The largest absolute Gasteiger partial charge is 0.496 e. The van der Waals surface area contributed by atoms with Crippen molar-refractivity contribution in [1.82, 2.24) is 14.7 Å². The van der Waals surface area contributed by atoms with Crippen molar-refractivity contribution in [3.05, 3.63) is 60.4 Å². The van der Waals surface area contributed by atoms with E-state index in [-0.39, 0.29) is 0 Å². The van der Waals surface area contributed by atoms with Crippen LogP contribution in [0.25, 0.3) is 11.3 Å². The van der Waals surface area contributed by atoms with Crippen LogP contribution in [0.5, 0.6) is 5.75 Å². The maximum Gasteiger partial charge on any atom is 0.416 e. The van der Waals surface area contributed by atoms with Crippen molar-refractivity contribution in [1.29, 1.82) is 0 Å². The second-order valence-electron chi connectivity index (χ2n) is 5.51. The van der Waals surface area contributed by atoms with E-state index in [0.29, 0.717) is 15.6 Å². The van der Waals surface area contributed by atoms with E-state index in [1.54, 1.807) is 19.5 Å². The van der Waals surface area contributed by atoms with Crippen LogP contribution in [0.2, 0.25) is 0 Å². The van der Waals surface area contributed by atoms with Crippen LogP contribution in [0.4, 0.5) is 13.2 Å². The van der Waals surface area contributed by atoms with Gasteiger partial charge in [0.05, 0.1) is 17.6 Å². The Morgan fingerprint density at radius 2 is 1.71 bits per heavy atom. The molecule has 0 aliphatic carbocycles. The van der Waals surface area contributed by atoms with E-state index in [0.717, 1.165) is 28.3 Å². The summed E-state index contributed by atoms with van der Waals surface area (Å²) in [5, 5.41) is 0.604. The van der Waals surface area contributed by atoms with Gasteiger partial charge in [-0.2, -0.15) is 13.2 Å². The first-order valence-corrected chi connectivity index (χ1v) is 9.74. The molecule has 0 radical (unpaired) electrons. The number of nitrogens with zero attached hydrogens (tertiary/aromatic N) is 2. The lowest BCUT2D eigenvalue weighted by Gasteiger charge is -2.12. The predicted octanol–water partition coefficient (Wildman–Crippen LogP) is 5.55. The highest BCUT2D eigenvalue weighted by Gasteiger charge is 2.30. The van der Waals surface area contributed by atoms with Crippen LogP contribution in [-0.4, -0.2) is 24.1 Å². The van der Waals surface area contributed by atoms with Gasteiger partial charge in [0.2, 0.25) is 0 Å². The Labute approximate surface area is 169 Å². The number of methoxy groups -OCH3 is 1. The number of alkyl halides is 3. The Morgan fingerprint density at radius 3 is 2.36 bits per heavy atom. The SMILES string of the molecule is CNSc1cc(-c2nccnc2Sc2ccc(C(F)(F)F)cc2)ccc1OC. The molecule has 9 heteroatoms. The summed E-state index contributed by atoms with van der Waals surface area (Å²) in [7, 11) is 3.41. The predicted molar refractivity (Wildman–Crippen MR) is 105 cm³/mol. The summed E-state index contributed by atoms with van der Waals surface area (Å²) >= 11 is 2.68. The number of hydrogen-bond donors (Lipinski definition) is 1. The fourth-order valence-corrected chi connectivity index (χ4v) is 3.97. The lowest BCUT2D eigenvalue weighted by molar-refractivity contribution is -0.137. The molecule has 3 aromatic rings. The monoisotopic (exact) mass is 423 g/mol. The normalized spacial score (nSPS) is 11.5. The maximum atomic E-state index is 12.7. The van der Waals surface area contributed by atoms with Crippen LogP contribution < -0.4 is 9.46 Å². The molecule has 2 aromatic carbocycles. The number of rotatable bonds is 6. The van der Waals surface area contributed by atoms with Crippen LogP contribution in [0, 0.1) is 0 Å². The zero-order chi connectivity index (χ0) is 20.1. The van der Waals surface area contributed by atoms with Crippen molar-refractivity contribution in [2.75, 3.05) is 14.2 Å². The second-order valence-corrected chi connectivity index (χ2v) is 7.62. The van der Waals surface area contributed by atoms with E-state index in [1.807, 2.05) is 25.2 Å². The number of benzene rings is 2. The third kappa shape index (κ3) is 4.78. The van der Waals surface area contributed by atoms with E-state index in [2.05, 4.69) is 14.7 Å². The molecule has 0 aliphatic rings. The summed E-state index contributed by atoms with van der Waals surface area (Å²) < 4.78 is 46.6. The van der Waals surface area contributed by atoms with Crippen molar-refractivity contribution in [3.8, 4) is 17.0 Å². The van der Waals surface area contributed by atoms with Crippen LogP contribution in [0.1, 0.15) is 5.56 Å². The van der Waals surface area contributed by atoms with Gasteiger partial charge >= 0.3 is 6.18 Å². The van der Waals surface area contributed by atoms with Crippen molar-refractivity contribution in [3.63, 3.8) is 0 Å². The molecule has 4 nitrogen and oxygen atoms in total. The second kappa shape index (κ2) is 8.85. The molecule has 0 saturated carbocycles. The van der Waals surface area contributed by atoms with Crippen molar-refractivity contribution >= 4 is 23.7 Å². The third-order valence-corrected chi connectivity index (χ3v) is 5.45. The quantitative estimate of drug-likeness (QED) is 0.525. The van der Waals surface area contributed by atoms with Gasteiger partial charge in [0.15, 0.2) is 0 Å². The zero-order valence-corrected chi connectivity index (χ0v) is 16.6. The Balaban J connectivity index is 1.93. The van der Waals surface area contributed by atoms with E-state index < -0.39 is 11.7 Å². The van der Waals surface area contributed by atoms with Crippen LogP contribution in [-0.2, 0) is 6.18 Å². The minimum atomic E-state index is -4.36. The first kappa shape index (κ1) is 20.5. The van der Waals surface area contributed by atoms with E-state index in [1.165, 1.54) is 35.8 Å². The molecule has 0 amide bonds. The van der Waals surface area contributed by atoms with Gasteiger partial charge in [-0.25, -0.2) is 4.98 Å². The molecule has 1 heterocycles. The van der Waals surface area contributed by atoms with Gasteiger partial charge in [-0.1, -0.05) is 11.8 Å². The van der Waals surface area contributed by atoms with Gasteiger partial charge < -0.3 is 4.74 Å². The van der Waals surface area contributed by atoms with Crippen LogP contribution >= 0.6 is 23.7 Å². The smallest absolute Gasteiger partial charge is 0.416 e. The first-order chi connectivity index (χ1) is 13.4. The summed E-state index contributed by atoms with van der Waals surface area (Å²) in [6, 6.07) is 10.6. The summed E-state index contributed by atoms with van der Waals surface area (Å²) in [6.45, 7) is 0. The van der Waals surface area contributed by atoms with Crippen molar-refractivity contribution < 1.29 is 17.9 Å². The number of aromatic nitrogens is 2. The molecule has 3 rings (SSSR count). The Hall–Kier alpha value is -2.23. The van der Waals surface area contributed by atoms with Gasteiger partial charge in [-0.05, 0) is 61.5 Å². The number of nitrogens with one attached hydrogen (secondary N) is 1. The lowest BCUT2D eigenvalue weighted by Crippen LogP contribution is -2.03. The van der Waals surface area contributed by atoms with Gasteiger partial charge in [-0.15, -0.1) is 0 Å². The van der Waals surface area contributed by atoms with E-state index in [4.69, 9.17) is 4.74 Å². The van der Waals surface area contributed by atoms with E-state index in [9.17, 15) is 13.2 Å². The fourth-order valence-electron chi connectivity index (χ4n) is 2.44. The molecule has 0 unspecified atom stereocenters. The molecule has 1 N–H and O–H groups in total. The number of halogens is 3. The Morgan fingerprint density at radius 1 is 1.00 bits per heavy atom. The van der Waals surface area contributed by atoms with Gasteiger partial charge in [0.25, 0.3) is 0 Å². The van der Waals surface area contributed by atoms with E-state index >= 15 is 0 Å². The first-order valence-electron chi connectivity index (χ1n) is 8.10. The molecule has 0 spiro atoms. The molecule has 0 bridgehead atoms. The molecule has 0 fully saturated rings. The lowest BCUT2D eigenvalue weighted by atomic mass is 10.1. The average Bonchev–Trinajstić information content (AvgIpc) is 2.68. The standard InChI is InChI=1S/C19H16F3N3OS2/c1-23-28-16-11-12(3-8-15(16)26-2)17-18(25-10-9-24-17)27-14-6-4-13(5-7-14)19(20,21)22/h3-11,23H,1-2H3. The van der Waals surface area contributed by atoms with Crippen LogP contribution in [0.15, 0.2) is 69.7 Å². The minimum absolute atomic E-state index is 0.604. The topological polar surface area (TPSA) is 47.0 Å². The summed E-state index contributed by atoms with van der Waals surface area (Å²) in [5.74, 6) is 0.726. The highest BCUT2D eigenvalue weighted by molar-refractivity contribution is 7.99. The Kier molecular flexibility index (Phi) is 6.48. The minimum Gasteiger partial charge on any atom is -0.496 e. The summed E-state index contributed by atoms with van der Waals surface area (Å²) in [5.41, 5.74) is 0.800. The van der Waals surface area contributed by atoms with Crippen molar-refractivity contribution in [2.24, 2.45) is 0 Å². The molecule has 0 aliphatic heterocycles. The maximum absolute atomic E-state index is 12.7. The van der Waals surface area contributed by atoms with Crippen molar-refractivity contribution in [2.45, 2.75) is 21.0 Å². The van der Waals surface area contributed by atoms with Gasteiger partial charge in [-0.3, -0.25) is 9.71 Å². The zero-order valence-electron chi connectivity index (χ0n) is 14.9. The van der Waals surface area contributed by atoms with Gasteiger partial charge in [0, 0.05) is 22.9 Å². The molecule has 28 heavy (non-hydrogen) atoms. The summed E-state index contributed by atoms with van der Waals surface area (Å²) in [6.07, 6.45) is -1.21.